The summed E-state index contributed by atoms with van der Waals surface area (Å²) in [5.74, 6) is 0.715. The van der Waals surface area contributed by atoms with Crippen molar-refractivity contribution in [1.29, 1.82) is 0 Å². The van der Waals surface area contributed by atoms with Crippen LogP contribution in [-0.4, -0.2) is 29.6 Å². The lowest BCUT2D eigenvalue weighted by Crippen LogP contribution is -2.37. The molecular weight excluding hydrogens is 438 g/mol. The highest BCUT2D eigenvalue weighted by Gasteiger charge is 2.17. The van der Waals surface area contributed by atoms with E-state index in [1.165, 1.54) is 11.1 Å². The first-order valence-corrected chi connectivity index (χ1v) is 11.7. The predicted molar refractivity (Wildman–Crippen MR) is 141 cm³/mol. The maximum atomic E-state index is 13.3. The first kappa shape index (κ1) is 24.1. The van der Waals surface area contributed by atoms with Gasteiger partial charge in [0.1, 0.15) is 5.75 Å². The summed E-state index contributed by atoms with van der Waals surface area (Å²) in [4.78, 5) is 31.0. The van der Waals surface area contributed by atoms with E-state index in [2.05, 4.69) is 29.4 Å². The molecule has 0 radical (unpaired) electrons. The molecule has 3 aromatic carbocycles. The second-order valence-electron chi connectivity index (χ2n) is 8.85. The summed E-state index contributed by atoms with van der Waals surface area (Å²) in [7, 11) is 1.60. The molecule has 2 N–H and O–H groups in total. The number of carbonyl (C=O) groups excluding carboxylic acids is 1. The van der Waals surface area contributed by atoms with Crippen molar-refractivity contribution in [1.82, 2.24) is 9.88 Å². The van der Waals surface area contributed by atoms with Crippen LogP contribution in [0, 0.1) is 20.8 Å². The number of benzene rings is 3. The van der Waals surface area contributed by atoms with Gasteiger partial charge in [0, 0.05) is 17.8 Å². The second kappa shape index (κ2) is 10.5. The highest BCUT2D eigenvalue weighted by molar-refractivity contribution is 5.89. The van der Waals surface area contributed by atoms with Crippen LogP contribution in [0.25, 0.3) is 10.9 Å². The first-order valence-electron chi connectivity index (χ1n) is 11.7. The van der Waals surface area contributed by atoms with Crippen molar-refractivity contribution in [3.05, 3.63) is 105 Å². The molecule has 35 heavy (non-hydrogen) atoms. The van der Waals surface area contributed by atoms with Gasteiger partial charge in [-0.25, -0.2) is 4.79 Å². The summed E-state index contributed by atoms with van der Waals surface area (Å²) in [6, 6.07) is 21.0. The van der Waals surface area contributed by atoms with Gasteiger partial charge in [-0.2, -0.15) is 0 Å². The molecule has 0 unspecified atom stereocenters. The number of nitrogens with one attached hydrogen (secondary N) is 2. The van der Waals surface area contributed by atoms with Gasteiger partial charge in [0.2, 0.25) is 0 Å². The third-order valence-corrected chi connectivity index (χ3v) is 6.53. The molecule has 0 spiro atoms. The molecule has 0 bridgehead atoms. The number of rotatable bonds is 7. The molecule has 1 heterocycles. The zero-order valence-electron chi connectivity index (χ0n) is 20.6. The number of pyridine rings is 1. The van der Waals surface area contributed by atoms with Gasteiger partial charge in [-0.3, -0.25) is 4.79 Å². The zero-order valence-corrected chi connectivity index (χ0v) is 20.6. The largest absolute Gasteiger partial charge is 0.497 e. The Kier molecular flexibility index (Phi) is 7.20. The summed E-state index contributed by atoms with van der Waals surface area (Å²) in [5.41, 5.74) is 6.41. The van der Waals surface area contributed by atoms with Crippen LogP contribution >= 0.6 is 0 Å². The Balaban J connectivity index is 1.61. The monoisotopic (exact) mass is 469 g/mol. The molecule has 0 aliphatic heterocycles. The van der Waals surface area contributed by atoms with E-state index in [0.29, 0.717) is 30.0 Å². The van der Waals surface area contributed by atoms with Crippen LogP contribution in [0.2, 0.25) is 0 Å². The van der Waals surface area contributed by atoms with Gasteiger partial charge in [0.05, 0.1) is 19.2 Å². The number of aromatic nitrogens is 1. The average molecular weight is 470 g/mol. The van der Waals surface area contributed by atoms with Crippen molar-refractivity contribution < 1.29 is 9.53 Å². The molecule has 1 aromatic heterocycles. The molecule has 0 atom stereocenters. The number of aromatic amines is 1. The van der Waals surface area contributed by atoms with Crippen LogP contribution in [0.15, 0.2) is 71.5 Å². The molecule has 180 valence electrons. The number of amides is 2. The summed E-state index contributed by atoms with van der Waals surface area (Å²) in [6.07, 6.45) is 0.687. The number of carbonyl (C=O) groups is 1. The lowest BCUT2D eigenvalue weighted by atomic mass is 10.0. The molecule has 0 aliphatic carbocycles. The quantitative estimate of drug-likeness (QED) is 0.363. The lowest BCUT2D eigenvalue weighted by molar-refractivity contribution is 0.209. The van der Waals surface area contributed by atoms with Crippen LogP contribution in [0.1, 0.15) is 27.8 Å². The first-order chi connectivity index (χ1) is 16.9. The van der Waals surface area contributed by atoms with Gasteiger partial charge < -0.3 is 19.9 Å². The van der Waals surface area contributed by atoms with Crippen LogP contribution in [0.4, 0.5) is 10.5 Å². The van der Waals surface area contributed by atoms with Gasteiger partial charge in [-0.1, -0.05) is 36.4 Å². The minimum Gasteiger partial charge on any atom is -0.497 e. The smallest absolute Gasteiger partial charge is 0.322 e. The van der Waals surface area contributed by atoms with Crippen LogP contribution in [0.3, 0.4) is 0 Å². The maximum absolute atomic E-state index is 13.3. The van der Waals surface area contributed by atoms with Crippen molar-refractivity contribution in [3.63, 3.8) is 0 Å². The fourth-order valence-corrected chi connectivity index (χ4v) is 4.17. The highest BCUT2D eigenvalue weighted by Crippen LogP contribution is 2.20. The summed E-state index contributed by atoms with van der Waals surface area (Å²) < 4.78 is 5.20. The van der Waals surface area contributed by atoms with Gasteiger partial charge in [-0.05, 0) is 85.2 Å². The van der Waals surface area contributed by atoms with Crippen LogP contribution < -0.4 is 15.6 Å². The molecule has 4 aromatic rings. The van der Waals surface area contributed by atoms with E-state index in [-0.39, 0.29) is 18.1 Å². The van der Waals surface area contributed by atoms with Crippen molar-refractivity contribution in [2.75, 3.05) is 19.0 Å². The van der Waals surface area contributed by atoms with E-state index in [4.69, 9.17) is 4.74 Å². The van der Waals surface area contributed by atoms with Crippen molar-refractivity contribution in [2.24, 2.45) is 0 Å². The summed E-state index contributed by atoms with van der Waals surface area (Å²) in [6.45, 7) is 6.76. The normalized spacial score (nSPS) is 10.9. The van der Waals surface area contributed by atoms with Crippen molar-refractivity contribution >= 4 is 22.6 Å². The SMILES string of the molecule is COc1ccc(NC(=O)N(CCc2ccccc2C)Cc2cc3ccc(C)c(C)c3[nH]c2=O)cc1. The minimum atomic E-state index is -0.261. The number of aryl methyl sites for hydroxylation is 3. The predicted octanol–water partition coefficient (Wildman–Crippen LogP) is 5.74. The number of nitrogens with zero attached hydrogens (tertiary/aromatic N) is 1. The Morgan fingerprint density at radius 1 is 0.943 bits per heavy atom. The van der Waals surface area contributed by atoms with Gasteiger partial charge >= 0.3 is 6.03 Å². The minimum absolute atomic E-state index is 0.177. The number of methoxy groups -OCH3 is 1. The third kappa shape index (κ3) is 5.54. The molecule has 2 amide bonds. The Bertz CT molecular complexity index is 1410. The molecule has 6 heteroatoms. The summed E-state index contributed by atoms with van der Waals surface area (Å²) in [5, 5.41) is 3.91. The average Bonchev–Trinajstić information content (AvgIpc) is 2.86. The molecule has 0 aliphatic rings. The second-order valence-corrected chi connectivity index (χ2v) is 8.85. The van der Waals surface area contributed by atoms with Gasteiger partial charge in [-0.15, -0.1) is 0 Å². The van der Waals surface area contributed by atoms with E-state index < -0.39 is 0 Å². The van der Waals surface area contributed by atoms with Crippen molar-refractivity contribution in [2.45, 2.75) is 33.7 Å². The standard InChI is InChI=1S/C29H31N3O3/c1-19-9-10-23-17-24(28(33)31-27(23)21(19)3)18-32(16-15-22-8-6-5-7-20(22)2)29(34)30-25-11-13-26(35-4)14-12-25/h5-14,17H,15-16,18H2,1-4H3,(H,30,34)(H,31,33). The molecule has 0 saturated carbocycles. The number of hydrogen-bond acceptors (Lipinski definition) is 3. The Morgan fingerprint density at radius 2 is 1.69 bits per heavy atom. The van der Waals surface area contributed by atoms with Crippen LogP contribution in [-0.2, 0) is 13.0 Å². The number of H-pyrrole nitrogens is 1. The third-order valence-electron chi connectivity index (χ3n) is 6.53. The van der Waals surface area contributed by atoms with E-state index in [0.717, 1.165) is 22.0 Å². The Labute approximate surface area is 205 Å². The molecule has 0 saturated heterocycles. The molecular formula is C29H31N3O3. The van der Waals surface area contributed by atoms with Gasteiger partial charge in [0.15, 0.2) is 0 Å². The Morgan fingerprint density at radius 3 is 2.40 bits per heavy atom. The van der Waals surface area contributed by atoms with Crippen molar-refractivity contribution in [3.8, 4) is 5.75 Å². The van der Waals surface area contributed by atoms with E-state index in [1.807, 2.05) is 44.2 Å². The maximum Gasteiger partial charge on any atom is 0.322 e. The van der Waals surface area contributed by atoms with Gasteiger partial charge in [0.25, 0.3) is 5.56 Å². The number of hydrogen-bond donors (Lipinski definition) is 2. The Hall–Kier alpha value is -4.06. The van der Waals surface area contributed by atoms with E-state index >= 15 is 0 Å². The topological polar surface area (TPSA) is 74.4 Å². The molecule has 4 rings (SSSR count). The van der Waals surface area contributed by atoms with E-state index in [9.17, 15) is 9.59 Å². The lowest BCUT2D eigenvalue weighted by Gasteiger charge is -2.24. The fraction of sp³-hybridized carbons (Fsp3) is 0.241. The van der Waals surface area contributed by atoms with Crippen LogP contribution in [0.5, 0.6) is 5.75 Å². The van der Waals surface area contributed by atoms with E-state index in [1.54, 1.807) is 36.3 Å². The number of anilines is 1. The fourth-order valence-electron chi connectivity index (χ4n) is 4.17. The number of ether oxygens (including phenoxy) is 1. The number of fused-ring (bicyclic) bond motifs is 1. The number of urea groups is 1. The highest BCUT2D eigenvalue weighted by atomic mass is 16.5. The molecule has 6 nitrogen and oxygen atoms in total. The summed E-state index contributed by atoms with van der Waals surface area (Å²) >= 11 is 0. The molecule has 0 fully saturated rings. The zero-order chi connectivity index (χ0) is 24.9.